The summed E-state index contributed by atoms with van der Waals surface area (Å²) in [5, 5.41) is 9.68. The summed E-state index contributed by atoms with van der Waals surface area (Å²) < 4.78 is 45.7. The Hall–Kier alpha value is -2.25. The molecule has 1 aliphatic rings. The van der Waals surface area contributed by atoms with Crippen molar-refractivity contribution >= 4 is 17.6 Å². The average molecular weight is 442 g/mol. The first kappa shape index (κ1) is 22.4. The van der Waals surface area contributed by atoms with Crippen molar-refractivity contribution in [2.75, 3.05) is 19.7 Å². The Balaban J connectivity index is 2.11. The number of benzene rings is 2. The van der Waals surface area contributed by atoms with E-state index in [4.69, 9.17) is 16.3 Å². The first-order valence-electron chi connectivity index (χ1n) is 9.77. The molecule has 2 aromatic rings. The fourth-order valence-corrected chi connectivity index (χ4v) is 4.12. The van der Waals surface area contributed by atoms with Gasteiger partial charge in [-0.25, -0.2) is 0 Å². The van der Waals surface area contributed by atoms with Crippen LogP contribution in [0.15, 0.2) is 42.5 Å². The molecule has 0 radical (unpaired) electrons. The topological polar surface area (TPSA) is 49.8 Å². The van der Waals surface area contributed by atoms with Crippen LogP contribution in [0, 0.1) is 5.92 Å². The number of likely N-dealkylation sites (tertiary alicyclic amines) is 1. The Morgan fingerprint density at radius 1 is 1.30 bits per heavy atom. The molecule has 0 saturated carbocycles. The molecular formula is C22H23ClF3NO3. The molecule has 1 N–H and O–H groups in total. The van der Waals surface area contributed by atoms with E-state index >= 15 is 0 Å². The van der Waals surface area contributed by atoms with Crippen molar-refractivity contribution in [1.29, 1.82) is 0 Å². The van der Waals surface area contributed by atoms with E-state index in [2.05, 4.69) is 0 Å². The second kappa shape index (κ2) is 9.27. The van der Waals surface area contributed by atoms with Crippen LogP contribution in [0.3, 0.4) is 0 Å². The van der Waals surface area contributed by atoms with Crippen molar-refractivity contribution in [3.05, 3.63) is 64.2 Å². The van der Waals surface area contributed by atoms with Crippen LogP contribution in [0.25, 0.3) is 0 Å². The monoisotopic (exact) mass is 441 g/mol. The number of ether oxygens (including phenoxy) is 1. The molecule has 0 amide bonds. The van der Waals surface area contributed by atoms with E-state index in [1.165, 1.54) is 6.07 Å². The molecule has 162 valence electrons. The van der Waals surface area contributed by atoms with Crippen molar-refractivity contribution in [3.63, 3.8) is 0 Å². The highest BCUT2D eigenvalue weighted by atomic mass is 35.5. The lowest BCUT2D eigenvalue weighted by Gasteiger charge is -2.38. The van der Waals surface area contributed by atoms with Crippen LogP contribution in [0.1, 0.15) is 42.5 Å². The minimum atomic E-state index is -4.51. The lowest BCUT2D eigenvalue weighted by Crippen LogP contribution is -2.41. The SMILES string of the molecule is CCOc1cccc(C(c2cc(C(F)(F)F)ccc2Cl)N2CCCC(C(=O)O)C2)c1. The van der Waals surface area contributed by atoms with E-state index in [1.807, 2.05) is 11.8 Å². The van der Waals surface area contributed by atoms with Gasteiger partial charge in [0.25, 0.3) is 0 Å². The predicted molar refractivity (Wildman–Crippen MR) is 108 cm³/mol. The Labute approximate surface area is 178 Å². The third-order valence-electron chi connectivity index (χ3n) is 5.27. The van der Waals surface area contributed by atoms with Crippen LogP contribution >= 0.6 is 11.6 Å². The first-order valence-corrected chi connectivity index (χ1v) is 10.1. The Bertz CT molecular complexity index is 903. The average Bonchev–Trinajstić information content (AvgIpc) is 2.69. The standard InChI is InChI=1S/C22H23ClF3NO3/c1-2-30-17-7-3-5-14(11-17)20(27-10-4-6-15(13-27)21(28)29)18-12-16(22(24,25)26)8-9-19(18)23/h3,5,7-9,11-12,15,20H,2,4,6,10,13H2,1H3,(H,28,29). The summed E-state index contributed by atoms with van der Waals surface area (Å²) in [7, 11) is 0. The van der Waals surface area contributed by atoms with Crippen LogP contribution in [-0.2, 0) is 11.0 Å². The summed E-state index contributed by atoms with van der Waals surface area (Å²) in [4.78, 5) is 13.5. The van der Waals surface area contributed by atoms with Crippen molar-refractivity contribution in [3.8, 4) is 5.75 Å². The number of halogens is 4. The zero-order valence-electron chi connectivity index (χ0n) is 16.5. The maximum absolute atomic E-state index is 13.4. The highest BCUT2D eigenvalue weighted by molar-refractivity contribution is 6.31. The van der Waals surface area contributed by atoms with Gasteiger partial charge in [-0.1, -0.05) is 23.7 Å². The number of carboxylic acid groups (broad SMARTS) is 1. The van der Waals surface area contributed by atoms with Crippen molar-refractivity contribution in [2.45, 2.75) is 32.0 Å². The van der Waals surface area contributed by atoms with Gasteiger partial charge < -0.3 is 9.84 Å². The molecule has 0 aromatic heterocycles. The van der Waals surface area contributed by atoms with E-state index in [9.17, 15) is 23.1 Å². The smallest absolute Gasteiger partial charge is 0.416 e. The predicted octanol–water partition coefficient (Wildman–Crippen LogP) is 5.64. The molecule has 2 aromatic carbocycles. The largest absolute Gasteiger partial charge is 0.494 e. The second-order valence-corrected chi connectivity index (χ2v) is 7.72. The molecule has 1 heterocycles. The number of aliphatic carboxylic acids is 1. The van der Waals surface area contributed by atoms with Crippen LogP contribution in [0.5, 0.6) is 5.75 Å². The molecule has 1 aliphatic heterocycles. The van der Waals surface area contributed by atoms with E-state index in [0.717, 1.165) is 12.1 Å². The third-order valence-corrected chi connectivity index (χ3v) is 5.61. The quantitative estimate of drug-likeness (QED) is 0.630. The van der Waals surface area contributed by atoms with Crippen LogP contribution in [-0.4, -0.2) is 35.7 Å². The van der Waals surface area contributed by atoms with Gasteiger partial charge >= 0.3 is 12.1 Å². The lowest BCUT2D eigenvalue weighted by molar-refractivity contribution is -0.143. The summed E-state index contributed by atoms with van der Waals surface area (Å²) in [6.07, 6.45) is -3.34. The van der Waals surface area contributed by atoms with Gasteiger partial charge in [-0.3, -0.25) is 9.69 Å². The molecule has 3 rings (SSSR count). The molecule has 30 heavy (non-hydrogen) atoms. The van der Waals surface area contributed by atoms with E-state index in [0.29, 0.717) is 42.9 Å². The minimum absolute atomic E-state index is 0.201. The molecule has 1 fully saturated rings. The fraction of sp³-hybridized carbons (Fsp3) is 0.409. The third kappa shape index (κ3) is 5.08. The van der Waals surface area contributed by atoms with Crippen molar-refractivity contribution < 1.29 is 27.8 Å². The molecule has 8 heteroatoms. The zero-order chi connectivity index (χ0) is 21.9. The zero-order valence-corrected chi connectivity index (χ0v) is 17.2. The van der Waals surface area contributed by atoms with Gasteiger partial charge in [0.1, 0.15) is 5.75 Å². The number of piperidine rings is 1. The van der Waals surface area contributed by atoms with Gasteiger partial charge in [-0.15, -0.1) is 0 Å². The Morgan fingerprint density at radius 2 is 2.07 bits per heavy atom. The number of carboxylic acids is 1. The number of nitrogens with zero attached hydrogens (tertiary/aromatic N) is 1. The fourth-order valence-electron chi connectivity index (χ4n) is 3.90. The lowest BCUT2D eigenvalue weighted by atomic mass is 9.90. The normalized spacial score (nSPS) is 18.8. The van der Waals surface area contributed by atoms with Crippen molar-refractivity contribution in [1.82, 2.24) is 4.90 Å². The first-order chi connectivity index (χ1) is 14.2. The number of hydrogen-bond donors (Lipinski definition) is 1. The van der Waals surface area contributed by atoms with E-state index in [-0.39, 0.29) is 11.6 Å². The molecule has 4 nitrogen and oxygen atoms in total. The van der Waals surface area contributed by atoms with E-state index in [1.54, 1.807) is 24.3 Å². The highest BCUT2D eigenvalue weighted by Gasteiger charge is 2.35. The number of carbonyl (C=O) groups is 1. The van der Waals surface area contributed by atoms with E-state index < -0.39 is 29.7 Å². The second-order valence-electron chi connectivity index (χ2n) is 7.31. The van der Waals surface area contributed by atoms with Gasteiger partial charge in [-0.05, 0) is 67.8 Å². The summed E-state index contributed by atoms with van der Waals surface area (Å²) in [5.41, 5.74) is 0.207. The molecule has 0 aliphatic carbocycles. The summed E-state index contributed by atoms with van der Waals surface area (Å²) in [6.45, 7) is 3.07. The molecule has 2 atom stereocenters. The maximum atomic E-state index is 13.4. The van der Waals surface area contributed by atoms with Crippen LogP contribution < -0.4 is 4.74 Å². The minimum Gasteiger partial charge on any atom is -0.494 e. The maximum Gasteiger partial charge on any atom is 0.416 e. The van der Waals surface area contributed by atoms with Crippen LogP contribution in [0.4, 0.5) is 13.2 Å². The summed E-state index contributed by atoms with van der Waals surface area (Å²) >= 11 is 6.37. The van der Waals surface area contributed by atoms with Gasteiger partial charge in [0, 0.05) is 11.6 Å². The molecule has 1 saturated heterocycles. The highest BCUT2D eigenvalue weighted by Crippen LogP contribution is 2.40. The number of hydrogen-bond acceptors (Lipinski definition) is 3. The molecule has 2 unspecified atom stereocenters. The summed E-state index contributed by atoms with van der Waals surface area (Å²) in [6, 6.07) is 9.76. The Kier molecular flexibility index (Phi) is 6.93. The summed E-state index contributed by atoms with van der Waals surface area (Å²) in [5.74, 6) is -0.896. The van der Waals surface area contributed by atoms with Gasteiger partial charge in [0.05, 0.1) is 24.1 Å². The van der Waals surface area contributed by atoms with Crippen molar-refractivity contribution in [2.24, 2.45) is 5.92 Å². The number of rotatable bonds is 6. The Morgan fingerprint density at radius 3 is 2.73 bits per heavy atom. The van der Waals surface area contributed by atoms with Crippen LogP contribution in [0.2, 0.25) is 5.02 Å². The molecule has 0 spiro atoms. The van der Waals surface area contributed by atoms with Gasteiger partial charge in [-0.2, -0.15) is 13.2 Å². The molecular weight excluding hydrogens is 419 g/mol. The van der Waals surface area contributed by atoms with Gasteiger partial charge in [0.2, 0.25) is 0 Å². The molecule has 0 bridgehead atoms. The number of alkyl halides is 3. The van der Waals surface area contributed by atoms with Gasteiger partial charge in [0.15, 0.2) is 0 Å².